The van der Waals surface area contributed by atoms with Gasteiger partial charge in [-0.15, -0.1) is 0 Å². The maximum absolute atomic E-state index is 3.63. The smallest absolute Gasteiger partial charge is 0.0233 e. The molecule has 0 saturated carbocycles. The fourth-order valence-electron chi connectivity index (χ4n) is 2.21. The zero-order chi connectivity index (χ0) is 16.0. The molecule has 0 nitrogen and oxygen atoms in total. The van der Waals surface area contributed by atoms with Crippen LogP contribution in [0.2, 0.25) is 0 Å². The topological polar surface area (TPSA) is 0 Å². The molecule has 2 aromatic carbocycles. The van der Waals surface area contributed by atoms with Gasteiger partial charge in [-0.2, -0.15) is 0 Å². The first-order valence-corrected chi connectivity index (χ1v) is 8.20. The molecule has 1 unspecified atom stereocenters. The van der Waals surface area contributed by atoms with Crippen LogP contribution in [0.4, 0.5) is 0 Å². The van der Waals surface area contributed by atoms with Gasteiger partial charge in [-0.1, -0.05) is 106 Å². The van der Waals surface area contributed by atoms with E-state index >= 15 is 0 Å². The zero-order valence-corrected chi connectivity index (χ0v) is 13.9. The predicted octanol–water partition coefficient (Wildman–Crippen LogP) is 6.86. The predicted molar refractivity (Wildman–Crippen MR) is 101 cm³/mol. The second-order valence-electron chi connectivity index (χ2n) is 5.34. The standard InChI is InChI=1S/C14H20.C8H8/c1-3-8-13(4-2)11-12-14-9-6-5-7-10-14;1-2-8-6-4-3-5-7-8/h5-7,9-13H,3-4,8H2,1-2H3;2-7H,1H2. The third-order valence-corrected chi connectivity index (χ3v) is 3.58. The minimum absolute atomic E-state index is 0.750. The van der Waals surface area contributed by atoms with Crippen molar-refractivity contribution in [2.45, 2.75) is 33.1 Å². The summed E-state index contributed by atoms with van der Waals surface area (Å²) in [7, 11) is 0. The van der Waals surface area contributed by atoms with Crippen LogP contribution in [0, 0.1) is 5.92 Å². The van der Waals surface area contributed by atoms with Crippen molar-refractivity contribution in [3.05, 3.63) is 84.4 Å². The Labute approximate surface area is 136 Å². The number of hydrogen-bond acceptors (Lipinski definition) is 0. The highest BCUT2D eigenvalue weighted by Gasteiger charge is 1.98. The Bertz CT molecular complexity index is 522. The Hall–Kier alpha value is -2.08. The summed E-state index contributed by atoms with van der Waals surface area (Å²) in [6.07, 6.45) is 10.2. The molecule has 0 aromatic heterocycles. The van der Waals surface area contributed by atoms with Crippen molar-refractivity contribution >= 4 is 12.2 Å². The average Bonchev–Trinajstić information content (AvgIpc) is 2.61. The summed E-state index contributed by atoms with van der Waals surface area (Å²) >= 11 is 0. The lowest BCUT2D eigenvalue weighted by Crippen LogP contribution is -1.92. The Kier molecular flexibility index (Phi) is 9.45. The van der Waals surface area contributed by atoms with E-state index in [1.165, 1.54) is 30.4 Å². The summed E-state index contributed by atoms with van der Waals surface area (Å²) in [5, 5.41) is 0. The van der Waals surface area contributed by atoms with Crippen molar-refractivity contribution in [3.63, 3.8) is 0 Å². The van der Waals surface area contributed by atoms with Crippen molar-refractivity contribution < 1.29 is 0 Å². The number of benzene rings is 2. The second-order valence-corrected chi connectivity index (χ2v) is 5.34. The maximum atomic E-state index is 3.63. The Morgan fingerprint density at radius 3 is 1.82 bits per heavy atom. The van der Waals surface area contributed by atoms with Crippen molar-refractivity contribution in [2.24, 2.45) is 5.92 Å². The van der Waals surface area contributed by atoms with Crippen LogP contribution in [0.25, 0.3) is 12.2 Å². The highest BCUT2D eigenvalue weighted by molar-refractivity contribution is 5.49. The molecule has 0 saturated heterocycles. The minimum atomic E-state index is 0.750. The summed E-state index contributed by atoms with van der Waals surface area (Å²) in [5.74, 6) is 0.750. The van der Waals surface area contributed by atoms with Crippen LogP contribution >= 0.6 is 0 Å². The molecular formula is C22H28. The zero-order valence-electron chi connectivity index (χ0n) is 13.9. The highest BCUT2D eigenvalue weighted by atomic mass is 14.0. The van der Waals surface area contributed by atoms with Gasteiger partial charge in [0.15, 0.2) is 0 Å². The molecule has 1 atom stereocenters. The van der Waals surface area contributed by atoms with E-state index in [0.29, 0.717) is 0 Å². The average molecular weight is 292 g/mol. The summed E-state index contributed by atoms with van der Waals surface area (Å²) in [5.41, 5.74) is 2.48. The van der Waals surface area contributed by atoms with Crippen LogP contribution in [0.1, 0.15) is 44.2 Å². The lowest BCUT2D eigenvalue weighted by atomic mass is 9.99. The molecule has 0 spiro atoms. The molecule has 22 heavy (non-hydrogen) atoms. The van der Waals surface area contributed by atoms with Crippen molar-refractivity contribution in [1.82, 2.24) is 0 Å². The Morgan fingerprint density at radius 2 is 1.41 bits per heavy atom. The molecule has 0 N–H and O–H groups in total. The molecule has 116 valence electrons. The SMILES string of the molecule is C=Cc1ccccc1.CCCC(C=Cc1ccccc1)CC. The first-order valence-electron chi connectivity index (χ1n) is 8.20. The van der Waals surface area contributed by atoms with Crippen molar-refractivity contribution in [3.8, 4) is 0 Å². The normalized spacial score (nSPS) is 11.5. The van der Waals surface area contributed by atoms with Gasteiger partial charge >= 0.3 is 0 Å². The molecule has 2 rings (SSSR count). The quantitative estimate of drug-likeness (QED) is 0.545. The van der Waals surface area contributed by atoms with Crippen LogP contribution in [-0.4, -0.2) is 0 Å². The molecule has 0 heterocycles. The molecule has 0 heteroatoms. The van der Waals surface area contributed by atoms with Crippen molar-refractivity contribution in [2.75, 3.05) is 0 Å². The van der Waals surface area contributed by atoms with Crippen LogP contribution in [0.15, 0.2) is 73.3 Å². The van der Waals surface area contributed by atoms with E-state index in [4.69, 9.17) is 0 Å². The second kappa shape index (κ2) is 11.6. The molecule has 0 amide bonds. The fourth-order valence-corrected chi connectivity index (χ4v) is 2.21. The van der Waals surface area contributed by atoms with E-state index < -0.39 is 0 Å². The minimum Gasteiger partial charge on any atom is -0.0985 e. The first-order chi connectivity index (χ1) is 10.8. The summed E-state index contributed by atoms with van der Waals surface area (Å²) in [4.78, 5) is 0. The van der Waals surface area contributed by atoms with Crippen molar-refractivity contribution in [1.29, 1.82) is 0 Å². The highest BCUT2D eigenvalue weighted by Crippen LogP contribution is 2.14. The van der Waals surface area contributed by atoms with Crippen LogP contribution in [0.5, 0.6) is 0 Å². The maximum Gasteiger partial charge on any atom is -0.0233 e. The summed E-state index contributed by atoms with van der Waals surface area (Å²) < 4.78 is 0. The monoisotopic (exact) mass is 292 g/mol. The van der Waals surface area contributed by atoms with Crippen LogP contribution < -0.4 is 0 Å². The summed E-state index contributed by atoms with van der Waals surface area (Å²) in [6.45, 7) is 8.14. The van der Waals surface area contributed by atoms with E-state index in [1.807, 2.05) is 36.4 Å². The molecule has 0 aliphatic rings. The van der Waals surface area contributed by atoms with Gasteiger partial charge in [0.05, 0.1) is 0 Å². The molecule has 0 radical (unpaired) electrons. The van der Waals surface area contributed by atoms with Gasteiger partial charge in [0.25, 0.3) is 0 Å². The van der Waals surface area contributed by atoms with Crippen LogP contribution in [0.3, 0.4) is 0 Å². The third-order valence-electron chi connectivity index (χ3n) is 3.58. The fraction of sp³-hybridized carbons (Fsp3) is 0.273. The van der Waals surface area contributed by atoms with Gasteiger partial charge in [-0.05, 0) is 29.9 Å². The van der Waals surface area contributed by atoms with Gasteiger partial charge in [-0.25, -0.2) is 0 Å². The molecule has 0 fully saturated rings. The van der Waals surface area contributed by atoms with E-state index in [2.05, 4.69) is 62.9 Å². The number of rotatable bonds is 6. The third kappa shape index (κ3) is 7.64. The lowest BCUT2D eigenvalue weighted by Gasteiger charge is -2.06. The number of hydrogen-bond donors (Lipinski definition) is 0. The van der Waals surface area contributed by atoms with E-state index in [9.17, 15) is 0 Å². The molecule has 0 aliphatic heterocycles. The first kappa shape index (κ1) is 18.0. The molecule has 0 aliphatic carbocycles. The molecule has 0 bridgehead atoms. The Morgan fingerprint density at radius 1 is 0.864 bits per heavy atom. The molecule has 2 aromatic rings. The molecular weight excluding hydrogens is 264 g/mol. The lowest BCUT2D eigenvalue weighted by molar-refractivity contribution is 0.565. The van der Waals surface area contributed by atoms with E-state index in [-0.39, 0.29) is 0 Å². The Balaban J connectivity index is 0.000000255. The van der Waals surface area contributed by atoms with Gasteiger partial charge in [-0.3, -0.25) is 0 Å². The van der Waals surface area contributed by atoms with Gasteiger partial charge < -0.3 is 0 Å². The van der Waals surface area contributed by atoms with Gasteiger partial charge in [0.2, 0.25) is 0 Å². The van der Waals surface area contributed by atoms with E-state index in [1.54, 1.807) is 0 Å². The van der Waals surface area contributed by atoms with Gasteiger partial charge in [0.1, 0.15) is 0 Å². The van der Waals surface area contributed by atoms with Crippen LogP contribution in [-0.2, 0) is 0 Å². The van der Waals surface area contributed by atoms with E-state index in [0.717, 1.165) is 5.92 Å². The number of allylic oxidation sites excluding steroid dienone is 1. The van der Waals surface area contributed by atoms with Gasteiger partial charge in [0, 0.05) is 0 Å². The summed E-state index contributed by atoms with van der Waals surface area (Å²) in [6, 6.07) is 20.5. The largest absolute Gasteiger partial charge is 0.0985 e.